The van der Waals surface area contributed by atoms with Crippen molar-refractivity contribution in [3.63, 3.8) is 0 Å². The van der Waals surface area contributed by atoms with E-state index in [2.05, 4.69) is 29.4 Å². The highest BCUT2D eigenvalue weighted by Gasteiger charge is 2.22. The molecule has 4 rings (SSSR count). The Hall–Kier alpha value is -2.90. The van der Waals surface area contributed by atoms with Crippen molar-refractivity contribution in [2.75, 3.05) is 24.5 Å². The fourth-order valence-electron chi connectivity index (χ4n) is 4.54. The zero-order chi connectivity index (χ0) is 25.1. The van der Waals surface area contributed by atoms with Crippen molar-refractivity contribution < 1.29 is 4.79 Å². The van der Waals surface area contributed by atoms with Gasteiger partial charge in [0.2, 0.25) is 5.91 Å². The number of carbonyl (C=O) groups is 1. The van der Waals surface area contributed by atoms with Crippen LogP contribution in [0.15, 0.2) is 47.3 Å². The molecular formula is C27H34ClN5O2. The largest absolute Gasteiger partial charge is 0.370 e. The van der Waals surface area contributed by atoms with Crippen molar-refractivity contribution in [3.8, 4) is 11.4 Å². The lowest BCUT2D eigenvalue weighted by Gasteiger charge is -2.28. The molecule has 0 radical (unpaired) electrons. The van der Waals surface area contributed by atoms with Gasteiger partial charge in [0.25, 0.3) is 5.56 Å². The number of amides is 1. The second-order valence-corrected chi connectivity index (χ2v) is 10.3. The molecule has 0 bridgehead atoms. The Kier molecular flexibility index (Phi) is 7.77. The summed E-state index contributed by atoms with van der Waals surface area (Å²) in [4.78, 5) is 33.6. The van der Waals surface area contributed by atoms with Crippen LogP contribution in [-0.4, -0.2) is 47.2 Å². The van der Waals surface area contributed by atoms with Gasteiger partial charge >= 0.3 is 0 Å². The Labute approximate surface area is 211 Å². The summed E-state index contributed by atoms with van der Waals surface area (Å²) in [5.74, 6) is 0.700. The van der Waals surface area contributed by atoms with Crippen molar-refractivity contribution in [2.24, 2.45) is 5.92 Å². The molecule has 3 aromatic rings. The number of halogens is 1. The number of nitrogens with zero attached hydrogens (tertiary/aromatic N) is 3. The van der Waals surface area contributed by atoms with Gasteiger partial charge in [-0.25, -0.2) is 4.98 Å². The minimum absolute atomic E-state index is 0.0293. The van der Waals surface area contributed by atoms with Gasteiger partial charge in [-0.15, -0.1) is 0 Å². The Balaban J connectivity index is 1.81. The van der Waals surface area contributed by atoms with Crippen LogP contribution in [0.5, 0.6) is 0 Å². The number of benzene rings is 2. The summed E-state index contributed by atoms with van der Waals surface area (Å²) in [5, 5.41) is 7.55. The molecule has 0 saturated carbocycles. The number of fused-ring (bicyclic) bond motifs is 1. The first-order chi connectivity index (χ1) is 16.7. The molecular weight excluding hydrogens is 462 g/mol. The summed E-state index contributed by atoms with van der Waals surface area (Å²) in [6, 6.07) is 13.4. The van der Waals surface area contributed by atoms with Crippen LogP contribution in [0, 0.1) is 5.92 Å². The first-order valence-electron chi connectivity index (χ1n) is 12.3. The van der Waals surface area contributed by atoms with Gasteiger partial charge in [0, 0.05) is 41.4 Å². The zero-order valence-electron chi connectivity index (χ0n) is 20.8. The molecule has 186 valence electrons. The molecule has 7 nitrogen and oxygen atoms in total. The maximum Gasteiger partial charge on any atom is 0.262 e. The highest BCUT2D eigenvalue weighted by atomic mass is 35.5. The van der Waals surface area contributed by atoms with Gasteiger partial charge in [-0.2, -0.15) is 0 Å². The smallest absolute Gasteiger partial charge is 0.262 e. The normalized spacial score (nSPS) is 16.7. The molecule has 1 aliphatic heterocycles. The van der Waals surface area contributed by atoms with E-state index >= 15 is 0 Å². The summed E-state index contributed by atoms with van der Waals surface area (Å²) in [6.07, 6.45) is 1.03. The summed E-state index contributed by atoms with van der Waals surface area (Å²) >= 11 is 6.23. The quantitative estimate of drug-likeness (QED) is 0.539. The molecule has 0 spiro atoms. The third-order valence-electron chi connectivity index (χ3n) is 6.37. The second kappa shape index (κ2) is 10.8. The standard InChI is InChI=1S/C27H34ClN5O2/c1-17(2)24-15-32(12-6-11-29-24)21-9-10-23-22(14-21)27(35)33(16-25(34)30-18(3)4)26(31-23)19-7-5-8-20(28)13-19/h5,7-10,13-14,17-18,24,29H,6,11-12,15-16H2,1-4H3,(H,30,34)/t24-/m1/s1. The molecule has 0 unspecified atom stereocenters. The van der Waals surface area contributed by atoms with E-state index in [4.69, 9.17) is 16.6 Å². The van der Waals surface area contributed by atoms with Gasteiger partial charge in [-0.3, -0.25) is 14.2 Å². The third kappa shape index (κ3) is 5.85. The highest BCUT2D eigenvalue weighted by Crippen LogP contribution is 2.25. The maximum absolute atomic E-state index is 13.8. The minimum Gasteiger partial charge on any atom is -0.370 e. The van der Waals surface area contributed by atoms with Gasteiger partial charge in [0.05, 0.1) is 10.9 Å². The van der Waals surface area contributed by atoms with Gasteiger partial charge in [-0.1, -0.05) is 37.6 Å². The van der Waals surface area contributed by atoms with Crippen LogP contribution < -0.4 is 21.1 Å². The maximum atomic E-state index is 13.8. The molecule has 8 heteroatoms. The average Bonchev–Trinajstić information content (AvgIpc) is 3.07. The number of hydrogen-bond acceptors (Lipinski definition) is 5. The Morgan fingerprint density at radius 1 is 1.20 bits per heavy atom. The fraction of sp³-hybridized carbons (Fsp3) is 0.444. The second-order valence-electron chi connectivity index (χ2n) is 9.86. The van der Waals surface area contributed by atoms with Crippen molar-refractivity contribution in [2.45, 2.75) is 52.7 Å². The van der Waals surface area contributed by atoms with E-state index in [0.717, 1.165) is 31.7 Å². The van der Waals surface area contributed by atoms with E-state index in [9.17, 15) is 9.59 Å². The van der Waals surface area contributed by atoms with E-state index < -0.39 is 0 Å². The molecule has 0 aliphatic carbocycles. The molecule has 1 atom stereocenters. The van der Waals surface area contributed by atoms with E-state index in [-0.39, 0.29) is 24.1 Å². The Morgan fingerprint density at radius 2 is 2.00 bits per heavy atom. The lowest BCUT2D eigenvalue weighted by atomic mass is 10.0. The first kappa shape index (κ1) is 25.2. The van der Waals surface area contributed by atoms with E-state index in [1.54, 1.807) is 12.1 Å². The summed E-state index contributed by atoms with van der Waals surface area (Å²) in [5.41, 5.74) is 2.05. The van der Waals surface area contributed by atoms with Crippen molar-refractivity contribution in [1.29, 1.82) is 0 Å². The summed E-state index contributed by atoms with van der Waals surface area (Å²) < 4.78 is 1.45. The van der Waals surface area contributed by atoms with Crippen LogP contribution in [0.25, 0.3) is 22.3 Å². The number of rotatable bonds is 6. The number of carbonyl (C=O) groups excluding carboxylic acids is 1. The van der Waals surface area contributed by atoms with E-state index in [0.29, 0.717) is 39.3 Å². The van der Waals surface area contributed by atoms with Gasteiger partial charge < -0.3 is 15.5 Å². The lowest BCUT2D eigenvalue weighted by Crippen LogP contribution is -2.41. The number of hydrogen-bond donors (Lipinski definition) is 2. The van der Waals surface area contributed by atoms with Crippen LogP contribution in [-0.2, 0) is 11.3 Å². The van der Waals surface area contributed by atoms with Crippen molar-refractivity contribution in [3.05, 3.63) is 57.8 Å². The zero-order valence-corrected chi connectivity index (χ0v) is 21.6. The van der Waals surface area contributed by atoms with Crippen LogP contribution in [0.3, 0.4) is 0 Å². The number of anilines is 1. The molecule has 2 heterocycles. The lowest BCUT2D eigenvalue weighted by molar-refractivity contribution is -0.122. The molecule has 1 amide bonds. The topological polar surface area (TPSA) is 79.3 Å². The molecule has 1 aliphatic rings. The van der Waals surface area contributed by atoms with E-state index in [1.807, 2.05) is 44.2 Å². The van der Waals surface area contributed by atoms with Gasteiger partial charge in [-0.05, 0) is 63.1 Å². The van der Waals surface area contributed by atoms with Gasteiger partial charge in [0.15, 0.2) is 0 Å². The summed E-state index contributed by atoms with van der Waals surface area (Å²) in [7, 11) is 0. The first-order valence-corrected chi connectivity index (χ1v) is 12.7. The molecule has 2 N–H and O–H groups in total. The monoisotopic (exact) mass is 495 g/mol. The van der Waals surface area contributed by atoms with Crippen molar-refractivity contribution in [1.82, 2.24) is 20.2 Å². The molecule has 1 aromatic heterocycles. The third-order valence-corrected chi connectivity index (χ3v) is 6.61. The van der Waals surface area contributed by atoms with Crippen LogP contribution in [0.1, 0.15) is 34.1 Å². The molecule has 2 aromatic carbocycles. The van der Waals surface area contributed by atoms with Crippen LogP contribution in [0.4, 0.5) is 5.69 Å². The highest BCUT2D eigenvalue weighted by molar-refractivity contribution is 6.30. The van der Waals surface area contributed by atoms with Gasteiger partial charge in [0.1, 0.15) is 12.4 Å². The minimum atomic E-state index is -0.237. The van der Waals surface area contributed by atoms with E-state index in [1.165, 1.54) is 4.57 Å². The predicted octanol–water partition coefficient (Wildman–Crippen LogP) is 4.07. The number of nitrogens with one attached hydrogen (secondary N) is 2. The average molecular weight is 496 g/mol. The molecule has 35 heavy (non-hydrogen) atoms. The number of aromatic nitrogens is 2. The van der Waals surface area contributed by atoms with Crippen LogP contribution in [0.2, 0.25) is 5.02 Å². The van der Waals surface area contributed by atoms with Crippen molar-refractivity contribution >= 4 is 34.1 Å². The Bertz CT molecular complexity index is 1270. The molecule has 1 fully saturated rings. The fourth-order valence-corrected chi connectivity index (χ4v) is 4.73. The molecule has 1 saturated heterocycles. The Morgan fingerprint density at radius 3 is 2.71 bits per heavy atom. The van der Waals surface area contributed by atoms with Crippen LogP contribution >= 0.6 is 11.6 Å². The predicted molar refractivity (Wildman–Crippen MR) is 143 cm³/mol. The summed E-state index contributed by atoms with van der Waals surface area (Å²) in [6.45, 7) is 10.9. The SMILES string of the molecule is CC(C)NC(=O)Cn1c(-c2cccc(Cl)c2)nc2ccc(N3CCCN[C@@H](C(C)C)C3)cc2c1=O.